The van der Waals surface area contributed by atoms with Gasteiger partial charge in [-0.15, -0.1) is 0 Å². The van der Waals surface area contributed by atoms with Crippen molar-refractivity contribution in [2.75, 3.05) is 13.1 Å². The molecule has 1 saturated carbocycles. The number of pyridine rings is 1. The lowest BCUT2D eigenvalue weighted by atomic mass is 9.98. The van der Waals surface area contributed by atoms with E-state index < -0.39 is 0 Å². The van der Waals surface area contributed by atoms with Crippen molar-refractivity contribution in [2.24, 2.45) is 17.6 Å². The molecule has 2 fully saturated rings. The van der Waals surface area contributed by atoms with E-state index in [4.69, 9.17) is 17.3 Å². The van der Waals surface area contributed by atoms with Crippen LogP contribution in [0.3, 0.4) is 0 Å². The van der Waals surface area contributed by atoms with Gasteiger partial charge in [-0.2, -0.15) is 0 Å². The summed E-state index contributed by atoms with van der Waals surface area (Å²) in [6.45, 7) is 1.57. The van der Waals surface area contributed by atoms with Crippen LogP contribution in [0.4, 0.5) is 0 Å². The number of nitrogens with two attached hydrogens (primary N) is 1. The Morgan fingerprint density at radius 3 is 3.00 bits per heavy atom. The summed E-state index contributed by atoms with van der Waals surface area (Å²) in [6, 6.07) is 3.55. The van der Waals surface area contributed by atoms with E-state index in [2.05, 4.69) is 4.98 Å². The van der Waals surface area contributed by atoms with Crippen molar-refractivity contribution in [2.45, 2.75) is 18.9 Å². The maximum absolute atomic E-state index is 12.3. The van der Waals surface area contributed by atoms with Gasteiger partial charge >= 0.3 is 0 Å². The largest absolute Gasteiger partial charge is 0.337 e. The summed E-state index contributed by atoms with van der Waals surface area (Å²) < 4.78 is 0. The van der Waals surface area contributed by atoms with Crippen LogP contribution in [0.1, 0.15) is 23.3 Å². The molecule has 0 aromatic carbocycles. The van der Waals surface area contributed by atoms with Gasteiger partial charge in [0.25, 0.3) is 5.91 Å². The third-order valence-corrected chi connectivity index (χ3v) is 4.38. The minimum absolute atomic E-state index is 0.0286. The van der Waals surface area contributed by atoms with Gasteiger partial charge in [0, 0.05) is 30.4 Å². The van der Waals surface area contributed by atoms with Crippen molar-refractivity contribution in [3.05, 3.63) is 29.0 Å². The number of halogens is 1. The highest BCUT2D eigenvalue weighted by atomic mass is 35.5. The van der Waals surface area contributed by atoms with E-state index in [0.717, 1.165) is 25.9 Å². The summed E-state index contributed by atoms with van der Waals surface area (Å²) in [6.07, 6.45) is 3.80. The summed E-state index contributed by atoms with van der Waals surface area (Å²) in [7, 11) is 0. The Morgan fingerprint density at radius 1 is 1.44 bits per heavy atom. The summed E-state index contributed by atoms with van der Waals surface area (Å²) in [5.41, 5.74) is 6.50. The zero-order valence-electron chi connectivity index (χ0n) is 10.1. The molecule has 3 atom stereocenters. The molecule has 5 heteroatoms. The van der Waals surface area contributed by atoms with Crippen molar-refractivity contribution in [3.8, 4) is 0 Å². The van der Waals surface area contributed by atoms with Crippen molar-refractivity contribution >= 4 is 17.5 Å². The zero-order valence-corrected chi connectivity index (χ0v) is 10.8. The molecule has 2 N–H and O–H groups in total. The number of likely N-dealkylation sites (tertiary alicyclic amines) is 1. The predicted molar refractivity (Wildman–Crippen MR) is 69.3 cm³/mol. The molecule has 3 rings (SSSR count). The second kappa shape index (κ2) is 4.52. The smallest absolute Gasteiger partial charge is 0.272 e. The van der Waals surface area contributed by atoms with Crippen LogP contribution in [0, 0.1) is 11.8 Å². The van der Waals surface area contributed by atoms with Gasteiger partial charge in [-0.25, -0.2) is 0 Å². The van der Waals surface area contributed by atoms with Crippen LogP contribution < -0.4 is 5.73 Å². The maximum Gasteiger partial charge on any atom is 0.272 e. The molecule has 1 aliphatic carbocycles. The standard InChI is InChI=1S/C13H16ClN3O/c14-9-3-4-16-12(5-9)13(18)17-6-8-1-2-11(15)10(8)7-17/h3-5,8,10-11H,1-2,6-7,15H2/t8-,10+,11-/m1/s1. The third kappa shape index (κ3) is 1.99. The first-order valence-corrected chi connectivity index (χ1v) is 6.69. The van der Waals surface area contributed by atoms with Gasteiger partial charge < -0.3 is 10.6 Å². The molecule has 96 valence electrons. The molecule has 0 radical (unpaired) electrons. The van der Waals surface area contributed by atoms with E-state index in [1.54, 1.807) is 18.3 Å². The first-order chi connectivity index (χ1) is 8.65. The molecular formula is C13H16ClN3O. The number of amides is 1. The second-order valence-corrected chi connectivity index (χ2v) is 5.67. The van der Waals surface area contributed by atoms with Crippen LogP contribution >= 0.6 is 11.6 Å². The van der Waals surface area contributed by atoms with Gasteiger partial charge in [-0.1, -0.05) is 11.6 Å². The molecular weight excluding hydrogens is 250 g/mol. The quantitative estimate of drug-likeness (QED) is 0.838. The Balaban J connectivity index is 1.75. The SMILES string of the molecule is N[C@@H]1CC[C@@H]2CN(C(=O)c3cc(Cl)ccn3)C[C@@H]21. The Morgan fingerprint density at radius 2 is 2.28 bits per heavy atom. The molecule has 0 unspecified atom stereocenters. The highest BCUT2D eigenvalue weighted by Crippen LogP contribution is 2.37. The van der Waals surface area contributed by atoms with Gasteiger partial charge in [-0.05, 0) is 36.8 Å². The molecule has 2 aliphatic rings. The van der Waals surface area contributed by atoms with Crippen LogP contribution in [-0.2, 0) is 0 Å². The van der Waals surface area contributed by atoms with E-state index in [1.165, 1.54) is 0 Å². The van der Waals surface area contributed by atoms with E-state index in [-0.39, 0.29) is 11.9 Å². The van der Waals surface area contributed by atoms with Gasteiger partial charge in [0.1, 0.15) is 5.69 Å². The normalized spacial score (nSPS) is 30.6. The molecule has 1 amide bonds. The molecule has 1 aliphatic heterocycles. The Bertz CT molecular complexity index is 479. The summed E-state index contributed by atoms with van der Waals surface area (Å²) >= 11 is 5.88. The number of hydrogen-bond acceptors (Lipinski definition) is 3. The van der Waals surface area contributed by atoms with E-state index in [9.17, 15) is 4.79 Å². The lowest BCUT2D eigenvalue weighted by Crippen LogP contribution is -2.33. The van der Waals surface area contributed by atoms with Crippen LogP contribution in [0.5, 0.6) is 0 Å². The van der Waals surface area contributed by atoms with Crippen molar-refractivity contribution in [1.29, 1.82) is 0 Å². The lowest BCUT2D eigenvalue weighted by molar-refractivity contribution is 0.0774. The first-order valence-electron chi connectivity index (χ1n) is 6.31. The Hall–Kier alpha value is -1.13. The topological polar surface area (TPSA) is 59.2 Å². The van der Waals surface area contributed by atoms with Crippen LogP contribution in [0.25, 0.3) is 0 Å². The monoisotopic (exact) mass is 265 g/mol. The van der Waals surface area contributed by atoms with Gasteiger partial charge in [0.05, 0.1) is 0 Å². The molecule has 1 aromatic rings. The fourth-order valence-electron chi connectivity index (χ4n) is 3.16. The molecule has 1 aromatic heterocycles. The highest BCUT2D eigenvalue weighted by Gasteiger charge is 2.42. The van der Waals surface area contributed by atoms with Crippen molar-refractivity contribution < 1.29 is 4.79 Å². The molecule has 18 heavy (non-hydrogen) atoms. The second-order valence-electron chi connectivity index (χ2n) is 5.23. The predicted octanol–water partition coefficient (Wildman–Crippen LogP) is 1.54. The van der Waals surface area contributed by atoms with Gasteiger partial charge in [-0.3, -0.25) is 9.78 Å². The fraction of sp³-hybridized carbons (Fsp3) is 0.538. The molecule has 0 spiro atoms. The number of carbonyl (C=O) groups is 1. The van der Waals surface area contributed by atoms with E-state index >= 15 is 0 Å². The minimum Gasteiger partial charge on any atom is -0.337 e. The van der Waals surface area contributed by atoms with Crippen molar-refractivity contribution in [3.63, 3.8) is 0 Å². The number of fused-ring (bicyclic) bond motifs is 1. The average molecular weight is 266 g/mol. The third-order valence-electron chi connectivity index (χ3n) is 4.14. The van der Waals surface area contributed by atoms with Crippen molar-refractivity contribution in [1.82, 2.24) is 9.88 Å². The maximum atomic E-state index is 12.3. The summed E-state index contributed by atoms with van der Waals surface area (Å²) in [5.74, 6) is 1.01. The number of nitrogens with zero attached hydrogens (tertiary/aromatic N) is 2. The number of aromatic nitrogens is 1. The van der Waals surface area contributed by atoms with Gasteiger partial charge in [0.2, 0.25) is 0 Å². The summed E-state index contributed by atoms with van der Waals surface area (Å²) in [5, 5.41) is 0.546. The molecule has 4 nitrogen and oxygen atoms in total. The Labute approximate surface area is 111 Å². The van der Waals surface area contributed by atoms with Crippen LogP contribution in [0.15, 0.2) is 18.3 Å². The minimum atomic E-state index is -0.0286. The number of rotatable bonds is 1. The van der Waals surface area contributed by atoms with Crippen LogP contribution in [-0.4, -0.2) is 34.9 Å². The summed E-state index contributed by atoms with van der Waals surface area (Å²) in [4.78, 5) is 18.3. The number of hydrogen-bond donors (Lipinski definition) is 1. The first kappa shape index (κ1) is 11.9. The van der Waals surface area contributed by atoms with E-state index in [1.807, 2.05) is 4.90 Å². The lowest BCUT2D eigenvalue weighted by Gasteiger charge is -2.18. The molecule has 0 bridgehead atoms. The highest BCUT2D eigenvalue weighted by molar-refractivity contribution is 6.30. The zero-order chi connectivity index (χ0) is 12.7. The van der Waals surface area contributed by atoms with E-state index in [0.29, 0.717) is 22.6 Å². The Kier molecular flexibility index (Phi) is 2.99. The fourth-order valence-corrected chi connectivity index (χ4v) is 3.32. The number of carbonyl (C=O) groups excluding carboxylic acids is 1. The van der Waals surface area contributed by atoms with Crippen LogP contribution in [0.2, 0.25) is 5.02 Å². The molecule has 1 saturated heterocycles. The molecule has 2 heterocycles. The average Bonchev–Trinajstić information content (AvgIpc) is 2.91. The van der Waals surface area contributed by atoms with Gasteiger partial charge in [0.15, 0.2) is 0 Å².